The SMILES string of the molecule is Cc1ccc(Nc2c(C#N)c3c(c4nnc(SCCC(C)C)n24)COC(C)(C)C3)cc1. The Morgan fingerprint density at radius 2 is 1.97 bits per heavy atom. The van der Waals surface area contributed by atoms with E-state index in [0.29, 0.717) is 24.5 Å². The van der Waals surface area contributed by atoms with Gasteiger partial charge in [0.25, 0.3) is 0 Å². The molecule has 31 heavy (non-hydrogen) atoms. The minimum absolute atomic E-state index is 0.326. The molecule has 0 bridgehead atoms. The normalized spacial score (nSPS) is 15.1. The molecule has 0 fully saturated rings. The van der Waals surface area contributed by atoms with E-state index >= 15 is 0 Å². The van der Waals surface area contributed by atoms with Crippen molar-refractivity contribution >= 4 is 28.9 Å². The highest BCUT2D eigenvalue weighted by Gasteiger charge is 2.33. The predicted octanol–water partition coefficient (Wildman–Crippen LogP) is 5.64. The molecule has 0 unspecified atom stereocenters. The minimum atomic E-state index is -0.326. The van der Waals surface area contributed by atoms with Crippen LogP contribution in [-0.4, -0.2) is 26.0 Å². The van der Waals surface area contributed by atoms with Crippen LogP contribution in [0.1, 0.15) is 56.4 Å². The van der Waals surface area contributed by atoms with E-state index in [9.17, 15) is 5.26 Å². The molecule has 0 amide bonds. The first-order valence-electron chi connectivity index (χ1n) is 10.7. The van der Waals surface area contributed by atoms with Crippen molar-refractivity contribution in [3.05, 3.63) is 46.5 Å². The van der Waals surface area contributed by atoms with Gasteiger partial charge in [0.15, 0.2) is 10.8 Å². The topological polar surface area (TPSA) is 75.2 Å². The third-order valence-corrected chi connectivity index (χ3v) is 6.55. The summed E-state index contributed by atoms with van der Waals surface area (Å²) in [4.78, 5) is 0. The van der Waals surface area contributed by atoms with E-state index in [1.165, 1.54) is 5.56 Å². The van der Waals surface area contributed by atoms with Crippen molar-refractivity contribution in [3.63, 3.8) is 0 Å². The number of nitriles is 1. The summed E-state index contributed by atoms with van der Waals surface area (Å²) < 4.78 is 8.08. The van der Waals surface area contributed by atoms with Crippen LogP contribution in [0.3, 0.4) is 0 Å². The Balaban J connectivity index is 1.89. The number of pyridine rings is 1. The summed E-state index contributed by atoms with van der Waals surface area (Å²) in [7, 11) is 0. The summed E-state index contributed by atoms with van der Waals surface area (Å²) in [5.41, 5.74) is 5.18. The van der Waals surface area contributed by atoms with Gasteiger partial charge in [-0.05, 0) is 50.8 Å². The number of aryl methyl sites for hydroxylation is 1. The van der Waals surface area contributed by atoms with Crippen LogP contribution in [-0.2, 0) is 17.8 Å². The van der Waals surface area contributed by atoms with E-state index in [2.05, 4.69) is 68.3 Å². The number of ether oxygens (including phenoxy) is 1. The van der Waals surface area contributed by atoms with Crippen molar-refractivity contribution in [2.45, 2.75) is 64.8 Å². The van der Waals surface area contributed by atoms with Gasteiger partial charge in [-0.2, -0.15) is 5.26 Å². The molecule has 4 rings (SSSR count). The number of fused-ring (bicyclic) bond motifs is 3. The first-order chi connectivity index (χ1) is 14.8. The molecule has 162 valence electrons. The van der Waals surface area contributed by atoms with E-state index < -0.39 is 0 Å². The average molecular weight is 436 g/mol. The summed E-state index contributed by atoms with van der Waals surface area (Å²) in [5, 5.41) is 23.5. The highest BCUT2D eigenvalue weighted by atomic mass is 32.2. The van der Waals surface area contributed by atoms with Crippen LogP contribution in [0.5, 0.6) is 0 Å². The van der Waals surface area contributed by atoms with Gasteiger partial charge in [-0.15, -0.1) is 10.2 Å². The zero-order chi connectivity index (χ0) is 22.2. The molecule has 1 aliphatic heterocycles. The summed E-state index contributed by atoms with van der Waals surface area (Å²) in [6, 6.07) is 10.7. The second kappa shape index (κ2) is 8.52. The third kappa shape index (κ3) is 4.41. The number of rotatable bonds is 6. The van der Waals surface area contributed by atoms with Crippen LogP contribution in [0.25, 0.3) is 5.65 Å². The maximum atomic E-state index is 10.2. The van der Waals surface area contributed by atoms with Gasteiger partial charge in [-0.3, -0.25) is 4.40 Å². The van der Waals surface area contributed by atoms with Crippen molar-refractivity contribution in [2.24, 2.45) is 5.92 Å². The fourth-order valence-electron chi connectivity index (χ4n) is 3.79. The number of nitrogens with zero attached hydrogens (tertiary/aromatic N) is 4. The van der Waals surface area contributed by atoms with Crippen LogP contribution in [0.15, 0.2) is 29.4 Å². The molecular formula is C24H29N5OS. The lowest BCUT2D eigenvalue weighted by atomic mass is 9.89. The van der Waals surface area contributed by atoms with Gasteiger partial charge >= 0.3 is 0 Å². The fourth-order valence-corrected chi connectivity index (χ4v) is 4.97. The second-order valence-electron chi connectivity index (χ2n) is 9.18. The quantitative estimate of drug-likeness (QED) is 0.505. The maximum absolute atomic E-state index is 10.2. The van der Waals surface area contributed by atoms with E-state index in [4.69, 9.17) is 4.74 Å². The molecule has 0 radical (unpaired) electrons. The van der Waals surface area contributed by atoms with Gasteiger partial charge in [-0.1, -0.05) is 43.3 Å². The van der Waals surface area contributed by atoms with Gasteiger partial charge < -0.3 is 10.1 Å². The average Bonchev–Trinajstić information content (AvgIpc) is 3.12. The number of nitrogens with one attached hydrogen (secondary N) is 1. The van der Waals surface area contributed by atoms with E-state index in [0.717, 1.165) is 45.6 Å². The summed E-state index contributed by atoms with van der Waals surface area (Å²) in [5.74, 6) is 2.30. The van der Waals surface area contributed by atoms with Crippen LogP contribution in [0.2, 0.25) is 0 Å². The lowest BCUT2D eigenvalue weighted by molar-refractivity contribution is -0.0397. The molecule has 0 saturated heterocycles. The molecular weight excluding hydrogens is 406 g/mol. The number of hydrogen-bond donors (Lipinski definition) is 1. The number of thioether (sulfide) groups is 1. The molecule has 0 spiro atoms. The summed E-state index contributed by atoms with van der Waals surface area (Å²) in [6.07, 6.45) is 1.75. The highest BCUT2D eigenvalue weighted by Crippen LogP contribution is 2.38. The van der Waals surface area contributed by atoms with Gasteiger partial charge in [-0.25, -0.2) is 0 Å². The fraction of sp³-hybridized carbons (Fsp3) is 0.458. The zero-order valence-corrected chi connectivity index (χ0v) is 19.6. The Morgan fingerprint density at radius 1 is 1.23 bits per heavy atom. The smallest absolute Gasteiger partial charge is 0.197 e. The van der Waals surface area contributed by atoms with Gasteiger partial charge in [0.2, 0.25) is 0 Å². The van der Waals surface area contributed by atoms with Crippen molar-refractivity contribution in [1.29, 1.82) is 5.26 Å². The molecule has 1 aromatic carbocycles. The molecule has 1 aliphatic rings. The van der Waals surface area contributed by atoms with Gasteiger partial charge in [0.05, 0.1) is 17.8 Å². The Bertz CT molecular complexity index is 1140. The Morgan fingerprint density at radius 3 is 2.65 bits per heavy atom. The van der Waals surface area contributed by atoms with Crippen LogP contribution < -0.4 is 5.32 Å². The number of hydrogen-bond acceptors (Lipinski definition) is 6. The molecule has 7 heteroatoms. The van der Waals surface area contributed by atoms with Crippen LogP contribution in [0, 0.1) is 24.2 Å². The number of anilines is 2. The zero-order valence-electron chi connectivity index (χ0n) is 18.8. The molecule has 0 saturated carbocycles. The molecule has 1 N–H and O–H groups in total. The first-order valence-corrected chi connectivity index (χ1v) is 11.7. The van der Waals surface area contributed by atoms with E-state index in [1.54, 1.807) is 11.8 Å². The minimum Gasteiger partial charge on any atom is -0.370 e. The number of aromatic nitrogens is 3. The van der Waals surface area contributed by atoms with E-state index in [1.807, 2.05) is 16.5 Å². The molecule has 3 heterocycles. The monoisotopic (exact) mass is 435 g/mol. The lowest BCUT2D eigenvalue weighted by Crippen LogP contribution is -2.33. The third-order valence-electron chi connectivity index (χ3n) is 5.59. The largest absolute Gasteiger partial charge is 0.370 e. The van der Waals surface area contributed by atoms with Gasteiger partial charge in [0.1, 0.15) is 11.9 Å². The second-order valence-corrected chi connectivity index (χ2v) is 10.2. The molecule has 0 aliphatic carbocycles. The van der Waals surface area contributed by atoms with Crippen molar-refractivity contribution in [1.82, 2.24) is 14.6 Å². The first kappa shape index (κ1) is 21.7. The number of benzene rings is 1. The van der Waals surface area contributed by atoms with Crippen molar-refractivity contribution in [3.8, 4) is 6.07 Å². The van der Waals surface area contributed by atoms with Crippen molar-refractivity contribution in [2.75, 3.05) is 11.1 Å². The molecule has 3 aromatic rings. The Kier molecular flexibility index (Phi) is 5.96. The molecule has 2 aromatic heterocycles. The molecule has 0 atom stereocenters. The van der Waals surface area contributed by atoms with Crippen LogP contribution in [0.4, 0.5) is 11.5 Å². The van der Waals surface area contributed by atoms with E-state index in [-0.39, 0.29) is 5.60 Å². The highest BCUT2D eigenvalue weighted by molar-refractivity contribution is 7.99. The maximum Gasteiger partial charge on any atom is 0.197 e. The van der Waals surface area contributed by atoms with Crippen molar-refractivity contribution < 1.29 is 4.74 Å². The molecule has 6 nitrogen and oxygen atoms in total. The van der Waals surface area contributed by atoms with Crippen LogP contribution >= 0.6 is 11.8 Å². The van der Waals surface area contributed by atoms with Gasteiger partial charge in [0, 0.05) is 23.4 Å². The Hall–Kier alpha value is -2.56. The summed E-state index contributed by atoms with van der Waals surface area (Å²) >= 11 is 1.68. The predicted molar refractivity (Wildman–Crippen MR) is 125 cm³/mol. The lowest BCUT2D eigenvalue weighted by Gasteiger charge is -2.33. The standard InChI is InChI=1S/C24H29N5OS/c1-15(2)10-11-31-23-28-27-22-20-14-30-24(4,5)12-18(20)19(13-25)21(29(22)23)26-17-8-6-16(3)7-9-17/h6-9,15,26H,10-12,14H2,1-5H3. The Labute approximate surface area is 188 Å². The summed E-state index contributed by atoms with van der Waals surface area (Å²) in [6.45, 7) is 11.1.